The summed E-state index contributed by atoms with van der Waals surface area (Å²) in [6.07, 6.45) is -0.964. The van der Waals surface area contributed by atoms with E-state index in [9.17, 15) is 0 Å². The van der Waals surface area contributed by atoms with E-state index >= 15 is 0 Å². The van der Waals surface area contributed by atoms with Crippen LogP contribution < -0.4 is 0 Å². The largest absolute Gasteiger partial charge is 0.394 e. The minimum atomic E-state index is -0.595. The van der Waals surface area contributed by atoms with E-state index in [1.165, 1.54) is 7.11 Å². The lowest BCUT2D eigenvalue weighted by atomic mass is 10.2. The third-order valence-corrected chi connectivity index (χ3v) is 1.58. The number of ether oxygens (including phenoxy) is 2. The van der Waals surface area contributed by atoms with Gasteiger partial charge in [-0.1, -0.05) is 0 Å². The molecule has 1 rings (SSSR count). The molecule has 1 fully saturated rings. The lowest BCUT2D eigenvalue weighted by Crippen LogP contribution is -2.22. The van der Waals surface area contributed by atoms with Crippen LogP contribution in [0, 0.1) is 0 Å². The van der Waals surface area contributed by atoms with E-state index in [-0.39, 0.29) is 12.7 Å². The van der Waals surface area contributed by atoms with Crippen molar-refractivity contribution < 1.29 is 19.7 Å². The highest BCUT2D eigenvalue weighted by Crippen LogP contribution is 2.19. The van der Waals surface area contributed by atoms with Crippen LogP contribution in [0.5, 0.6) is 0 Å². The number of aliphatic hydroxyl groups excluding tert-OH is 2. The average molecular weight is 148 g/mol. The third-order valence-electron chi connectivity index (χ3n) is 1.58. The molecule has 2 N–H and O–H groups in total. The summed E-state index contributed by atoms with van der Waals surface area (Å²) in [6.45, 7) is -0.0586. The van der Waals surface area contributed by atoms with Crippen LogP contribution in [-0.4, -0.2) is 42.4 Å². The van der Waals surface area contributed by atoms with Gasteiger partial charge in [-0.05, 0) is 0 Å². The minimum absolute atomic E-state index is 0.0586. The number of hydrogen-bond donors (Lipinski definition) is 2. The monoisotopic (exact) mass is 148 g/mol. The predicted molar refractivity (Wildman–Crippen MR) is 33.4 cm³/mol. The third kappa shape index (κ3) is 1.46. The Hall–Kier alpha value is -0.160. The summed E-state index contributed by atoms with van der Waals surface area (Å²) >= 11 is 0. The first-order chi connectivity index (χ1) is 4.77. The molecule has 0 amide bonds. The first-order valence-electron chi connectivity index (χ1n) is 3.25. The zero-order valence-corrected chi connectivity index (χ0v) is 5.86. The van der Waals surface area contributed by atoms with Crippen molar-refractivity contribution in [2.45, 2.75) is 24.9 Å². The van der Waals surface area contributed by atoms with Crippen molar-refractivity contribution in [2.24, 2.45) is 0 Å². The first-order valence-corrected chi connectivity index (χ1v) is 3.25. The molecule has 0 radical (unpaired) electrons. The van der Waals surface area contributed by atoms with E-state index in [0.29, 0.717) is 6.42 Å². The van der Waals surface area contributed by atoms with E-state index in [0.717, 1.165) is 0 Å². The molecule has 1 aliphatic rings. The first kappa shape index (κ1) is 7.94. The molecule has 0 aromatic heterocycles. The lowest BCUT2D eigenvalue weighted by Gasteiger charge is -2.10. The smallest absolute Gasteiger partial charge is 0.183 e. The summed E-state index contributed by atoms with van der Waals surface area (Å²) in [7, 11) is 1.47. The van der Waals surface area contributed by atoms with E-state index in [2.05, 4.69) is 0 Å². The fourth-order valence-electron chi connectivity index (χ4n) is 1.05. The second-order valence-corrected chi connectivity index (χ2v) is 2.35. The molecule has 4 heteroatoms. The number of rotatable bonds is 2. The van der Waals surface area contributed by atoms with Gasteiger partial charge in [0.1, 0.15) is 6.10 Å². The van der Waals surface area contributed by atoms with Gasteiger partial charge in [-0.3, -0.25) is 0 Å². The zero-order valence-electron chi connectivity index (χ0n) is 5.86. The molecule has 1 heterocycles. The van der Waals surface area contributed by atoms with Gasteiger partial charge in [0, 0.05) is 13.5 Å². The molecular formula is C6H12O4. The maximum atomic E-state index is 9.13. The summed E-state index contributed by atoms with van der Waals surface area (Å²) in [4.78, 5) is 0. The quantitative estimate of drug-likeness (QED) is 0.533. The molecule has 0 aromatic rings. The Labute approximate surface area is 59.4 Å². The van der Waals surface area contributed by atoms with Crippen LogP contribution in [0.15, 0.2) is 0 Å². The van der Waals surface area contributed by atoms with Crippen LogP contribution in [0.2, 0.25) is 0 Å². The van der Waals surface area contributed by atoms with Crippen LogP contribution >= 0.6 is 0 Å². The molecule has 1 saturated heterocycles. The molecule has 0 aliphatic carbocycles. The fourth-order valence-corrected chi connectivity index (χ4v) is 1.05. The molecule has 60 valence electrons. The second-order valence-electron chi connectivity index (χ2n) is 2.35. The maximum absolute atomic E-state index is 9.13. The van der Waals surface area contributed by atoms with Crippen LogP contribution in [0.1, 0.15) is 6.42 Å². The summed E-state index contributed by atoms with van der Waals surface area (Å²) < 4.78 is 9.82. The normalized spacial score (nSPS) is 40.5. The molecule has 0 aromatic carbocycles. The Morgan fingerprint density at radius 2 is 2.40 bits per heavy atom. The van der Waals surface area contributed by atoms with Crippen molar-refractivity contribution >= 4 is 0 Å². The van der Waals surface area contributed by atoms with Gasteiger partial charge in [-0.15, -0.1) is 0 Å². The Kier molecular flexibility index (Phi) is 2.62. The van der Waals surface area contributed by atoms with Gasteiger partial charge < -0.3 is 19.7 Å². The SMILES string of the molecule is COC1O[C@H](CO)CC1O. The van der Waals surface area contributed by atoms with Gasteiger partial charge in [-0.25, -0.2) is 0 Å². The Balaban J connectivity index is 2.36. The average Bonchev–Trinajstić information content (AvgIpc) is 2.30. The molecule has 0 spiro atoms. The topological polar surface area (TPSA) is 58.9 Å². The highest BCUT2D eigenvalue weighted by Gasteiger charge is 2.33. The second kappa shape index (κ2) is 3.30. The van der Waals surface area contributed by atoms with Crippen molar-refractivity contribution in [1.82, 2.24) is 0 Å². The lowest BCUT2D eigenvalue weighted by molar-refractivity contribution is -0.153. The van der Waals surface area contributed by atoms with Gasteiger partial charge in [0.25, 0.3) is 0 Å². The molecule has 3 atom stereocenters. The van der Waals surface area contributed by atoms with Gasteiger partial charge in [0.05, 0.1) is 12.7 Å². The summed E-state index contributed by atoms with van der Waals surface area (Å²) in [5.41, 5.74) is 0. The molecule has 4 nitrogen and oxygen atoms in total. The molecule has 10 heavy (non-hydrogen) atoms. The van der Waals surface area contributed by atoms with Crippen molar-refractivity contribution in [2.75, 3.05) is 13.7 Å². The van der Waals surface area contributed by atoms with Crippen molar-refractivity contribution in [3.63, 3.8) is 0 Å². The standard InChI is InChI=1S/C6H12O4/c1-9-6-5(8)2-4(3-7)10-6/h4-8H,2-3H2,1H3/t4-,5?,6?/m0/s1. The van der Waals surface area contributed by atoms with Crippen LogP contribution in [0.25, 0.3) is 0 Å². The van der Waals surface area contributed by atoms with Crippen LogP contribution in [0.3, 0.4) is 0 Å². The Morgan fingerprint density at radius 3 is 2.70 bits per heavy atom. The molecule has 0 bridgehead atoms. The minimum Gasteiger partial charge on any atom is -0.394 e. The van der Waals surface area contributed by atoms with Crippen molar-refractivity contribution in [3.05, 3.63) is 0 Å². The molecular weight excluding hydrogens is 136 g/mol. The van der Waals surface area contributed by atoms with Gasteiger partial charge in [0.2, 0.25) is 0 Å². The number of aliphatic hydroxyl groups is 2. The zero-order chi connectivity index (χ0) is 7.56. The Bertz CT molecular complexity index is 106. The highest BCUT2D eigenvalue weighted by molar-refractivity contribution is 4.75. The van der Waals surface area contributed by atoms with Gasteiger partial charge >= 0.3 is 0 Å². The van der Waals surface area contributed by atoms with E-state index in [1.54, 1.807) is 0 Å². The highest BCUT2D eigenvalue weighted by atomic mass is 16.7. The molecule has 2 unspecified atom stereocenters. The van der Waals surface area contributed by atoms with Gasteiger partial charge in [0.15, 0.2) is 6.29 Å². The molecule has 1 aliphatic heterocycles. The van der Waals surface area contributed by atoms with Crippen LogP contribution in [0.4, 0.5) is 0 Å². The van der Waals surface area contributed by atoms with E-state index in [1.807, 2.05) is 0 Å². The van der Waals surface area contributed by atoms with Gasteiger partial charge in [-0.2, -0.15) is 0 Å². The predicted octanol–water partition coefficient (Wildman–Crippen LogP) is -0.899. The summed E-state index contributed by atoms with van der Waals surface area (Å²) in [6, 6.07) is 0. The number of methoxy groups -OCH3 is 1. The van der Waals surface area contributed by atoms with E-state index < -0.39 is 12.4 Å². The maximum Gasteiger partial charge on any atom is 0.183 e. The van der Waals surface area contributed by atoms with Crippen molar-refractivity contribution in [3.8, 4) is 0 Å². The van der Waals surface area contributed by atoms with Crippen molar-refractivity contribution in [1.29, 1.82) is 0 Å². The summed E-state index contributed by atoms with van der Waals surface area (Å²) in [5.74, 6) is 0. The van der Waals surface area contributed by atoms with Crippen LogP contribution in [-0.2, 0) is 9.47 Å². The Morgan fingerprint density at radius 1 is 1.70 bits per heavy atom. The number of hydrogen-bond acceptors (Lipinski definition) is 4. The van der Waals surface area contributed by atoms with E-state index in [4.69, 9.17) is 19.7 Å². The summed E-state index contributed by atoms with van der Waals surface area (Å²) in [5, 5.41) is 17.7. The molecule has 0 saturated carbocycles. The fraction of sp³-hybridized carbons (Fsp3) is 1.00.